The highest BCUT2D eigenvalue weighted by molar-refractivity contribution is 5.89. The van der Waals surface area contributed by atoms with E-state index in [9.17, 15) is 4.79 Å². The Balaban J connectivity index is 2.60. The molecule has 2 N–H and O–H groups in total. The molecule has 0 saturated carbocycles. The Bertz CT molecular complexity index is 333. The van der Waals surface area contributed by atoms with Crippen LogP contribution in [0.5, 0.6) is 5.75 Å². The van der Waals surface area contributed by atoms with Crippen molar-refractivity contribution in [2.75, 3.05) is 13.2 Å². The normalized spacial score (nSPS) is 12.1. The van der Waals surface area contributed by atoms with Gasteiger partial charge in [-0.15, -0.1) is 0 Å². The van der Waals surface area contributed by atoms with Crippen LogP contribution < -0.4 is 0 Å². The molecule has 1 rings (SSSR count). The van der Waals surface area contributed by atoms with Crippen molar-refractivity contribution in [3.05, 3.63) is 29.8 Å². The molecule has 0 radical (unpaired) electrons. The second-order valence-electron chi connectivity index (χ2n) is 3.02. The van der Waals surface area contributed by atoms with Gasteiger partial charge in [-0.25, -0.2) is 4.79 Å². The van der Waals surface area contributed by atoms with Crippen LogP contribution in [0.3, 0.4) is 0 Å². The minimum atomic E-state index is -0.952. The zero-order valence-corrected chi connectivity index (χ0v) is 8.92. The van der Waals surface area contributed by atoms with Crippen molar-refractivity contribution in [1.82, 2.24) is 0 Å². The smallest absolute Gasteiger partial charge is 0.340 e. The molecule has 5 heteroatoms. The van der Waals surface area contributed by atoms with Gasteiger partial charge in [0.05, 0.1) is 5.56 Å². The fourth-order valence-electron chi connectivity index (χ4n) is 1.09. The molecule has 88 valence electrons. The quantitative estimate of drug-likeness (QED) is 0.576. The van der Waals surface area contributed by atoms with Crippen LogP contribution in [0, 0.1) is 0 Å². The Kier molecular flexibility index (Phi) is 4.75. The van der Waals surface area contributed by atoms with E-state index in [0.29, 0.717) is 6.61 Å². The lowest BCUT2D eigenvalue weighted by Gasteiger charge is -2.14. The number of carbonyl (C=O) groups excluding carboxylic acids is 1. The number of hydrogen-bond donors (Lipinski definition) is 2. The molecule has 1 aromatic rings. The Labute approximate surface area is 93.2 Å². The Morgan fingerprint density at radius 1 is 1.38 bits per heavy atom. The lowest BCUT2D eigenvalue weighted by atomic mass is 10.2. The maximum absolute atomic E-state index is 11.5. The number of hydrogen-bond acceptors (Lipinski definition) is 5. The Morgan fingerprint density at radius 3 is 2.50 bits per heavy atom. The Morgan fingerprint density at radius 2 is 2.00 bits per heavy atom. The summed E-state index contributed by atoms with van der Waals surface area (Å²) in [5.74, 6) is -0.535. The molecular formula is C11H14O5. The molecule has 0 amide bonds. The van der Waals surface area contributed by atoms with E-state index >= 15 is 0 Å². The van der Waals surface area contributed by atoms with Crippen molar-refractivity contribution in [2.45, 2.75) is 13.2 Å². The van der Waals surface area contributed by atoms with E-state index in [2.05, 4.69) is 0 Å². The first kappa shape index (κ1) is 12.5. The number of rotatable bonds is 5. The zero-order chi connectivity index (χ0) is 12.0. The number of phenols is 1. The summed E-state index contributed by atoms with van der Waals surface area (Å²) in [4.78, 5) is 11.5. The summed E-state index contributed by atoms with van der Waals surface area (Å²) in [6.07, 6.45) is -0.952. The molecule has 0 bridgehead atoms. The highest BCUT2D eigenvalue weighted by Gasteiger charge is 2.14. The minimum absolute atomic E-state index is 0.0695. The van der Waals surface area contributed by atoms with Crippen LogP contribution in [-0.2, 0) is 9.47 Å². The van der Waals surface area contributed by atoms with Gasteiger partial charge in [0.1, 0.15) is 12.4 Å². The van der Waals surface area contributed by atoms with Crippen molar-refractivity contribution in [2.24, 2.45) is 0 Å². The maximum atomic E-state index is 11.5. The summed E-state index contributed by atoms with van der Waals surface area (Å²) >= 11 is 0. The lowest BCUT2D eigenvalue weighted by Crippen LogP contribution is -2.25. The number of aliphatic hydroxyl groups is 1. The molecule has 1 aromatic carbocycles. The van der Waals surface area contributed by atoms with Crippen molar-refractivity contribution in [3.63, 3.8) is 0 Å². The predicted octanol–water partition coefficient (Wildman–Crippen LogP) is 0.904. The van der Waals surface area contributed by atoms with Crippen LogP contribution in [-0.4, -0.2) is 35.7 Å². The molecule has 1 atom stereocenters. The third-order valence-electron chi connectivity index (χ3n) is 1.84. The van der Waals surface area contributed by atoms with Gasteiger partial charge in [0.15, 0.2) is 0 Å². The molecule has 5 nitrogen and oxygen atoms in total. The van der Waals surface area contributed by atoms with E-state index in [1.165, 1.54) is 24.3 Å². The molecule has 0 heterocycles. The van der Waals surface area contributed by atoms with Gasteiger partial charge >= 0.3 is 5.97 Å². The molecule has 0 fully saturated rings. The second kappa shape index (κ2) is 6.09. The van der Waals surface area contributed by atoms with Crippen LogP contribution in [0.2, 0.25) is 0 Å². The van der Waals surface area contributed by atoms with Crippen LogP contribution in [0.1, 0.15) is 17.3 Å². The van der Waals surface area contributed by atoms with Crippen LogP contribution in [0.4, 0.5) is 0 Å². The number of aliphatic hydroxyl groups excluding tert-OH is 1. The van der Waals surface area contributed by atoms with Gasteiger partial charge in [0.25, 0.3) is 0 Å². The van der Waals surface area contributed by atoms with Crippen molar-refractivity contribution < 1.29 is 24.5 Å². The number of benzene rings is 1. The third-order valence-corrected chi connectivity index (χ3v) is 1.84. The van der Waals surface area contributed by atoms with E-state index in [4.69, 9.17) is 19.7 Å². The van der Waals surface area contributed by atoms with Gasteiger partial charge in [-0.05, 0) is 31.2 Å². The van der Waals surface area contributed by atoms with Crippen LogP contribution in [0.15, 0.2) is 24.3 Å². The first-order valence-electron chi connectivity index (χ1n) is 4.89. The number of ether oxygens (including phenoxy) is 2. The molecule has 0 aliphatic carbocycles. The van der Waals surface area contributed by atoms with Gasteiger partial charge < -0.3 is 19.7 Å². The Hall–Kier alpha value is -1.59. The number of esters is 1. The van der Waals surface area contributed by atoms with E-state index in [-0.39, 0.29) is 11.3 Å². The maximum Gasteiger partial charge on any atom is 0.340 e. The van der Waals surface area contributed by atoms with Gasteiger partial charge in [-0.1, -0.05) is 0 Å². The molecule has 0 spiro atoms. The lowest BCUT2D eigenvalue weighted by molar-refractivity contribution is -0.128. The predicted molar refractivity (Wildman–Crippen MR) is 56.0 cm³/mol. The van der Waals surface area contributed by atoms with Crippen molar-refractivity contribution in [1.29, 1.82) is 0 Å². The fourth-order valence-corrected chi connectivity index (χ4v) is 1.09. The molecule has 0 saturated heterocycles. The molecule has 0 aliphatic rings. The molecule has 16 heavy (non-hydrogen) atoms. The summed E-state index contributed by atoms with van der Waals surface area (Å²) in [6, 6.07) is 5.62. The van der Waals surface area contributed by atoms with Gasteiger partial charge in [0, 0.05) is 6.61 Å². The summed E-state index contributed by atoms with van der Waals surface area (Å²) in [7, 11) is 0. The van der Waals surface area contributed by atoms with Crippen molar-refractivity contribution >= 4 is 5.97 Å². The average molecular weight is 226 g/mol. The van der Waals surface area contributed by atoms with E-state index < -0.39 is 18.9 Å². The second-order valence-corrected chi connectivity index (χ2v) is 3.02. The van der Waals surface area contributed by atoms with Gasteiger partial charge in [-0.2, -0.15) is 0 Å². The van der Waals surface area contributed by atoms with Gasteiger partial charge in [0.2, 0.25) is 6.29 Å². The summed E-state index contributed by atoms with van der Waals surface area (Å²) < 4.78 is 9.84. The van der Waals surface area contributed by atoms with E-state index in [0.717, 1.165) is 0 Å². The first-order valence-corrected chi connectivity index (χ1v) is 4.89. The molecular weight excluding hydrogens is 212 g/mol. The largest absolute Gasteiger partial charge is 0.508 e. The third kappa shape index (κ3) is 3.52. The minimum Gasteiger partial charge on any atom is -0.508 e. The monoisotopic (exact) mass is 226 g/mol. The van der Waals surface area contributed by atoms with Crippen LogP contribution in [0.25, 0.3) is 0 Å². The average Bonchev–Trinajstić information content (AvgIpc) is 2.29. The number of carbonyl (C=O) groups is 1. The topological polar surface area (TPSA) is 76.0 Å². The molecule has 0 aliphatic heterocycles. The summed E-state index contributed by atoms with van der Waals surface area (Å²) in [6.45, 7) is 1.68. The number of phenolic OH excluding ortho intramolecular Hbond substituents is 1. The van der Waals surface area contributed by atoms with Gasteiger partial charge in [-0.3, -0.25) is 0 Å². The van der Waals surface area contributed by atoms with E-state index in [1.807, 2.05) is 0 Å². The number of aromatic hydroxyl groups is 1. The highest BCUT2D eigenvalue weighted by atomic mass is 16.7. The summed E-state index contributed by atoms with van der Waals surface area (Å²) in [5, 5.41) is 17.9. The summed E-state index contributed by atoms with van der Waals surface area (Å²) in [5.41, 5.74) is 0.288. The fraction of sp³-hybridized carbons (Fsp3) is 0.364. The highest BCUT2D eigenvalue weighted by Crippen LogP contribution is 2.11. The zero-order valence-electron chi connectivity index (χ0n) is 8.92. The first-order chi connectivity index (χ1) is 7.67. The SMILES string of the molecule is CCOC(CO)OC(=O)c1ccc(O)cc1. The molecule has 1 unspecified atom stereocenters. The molecule has 0 aromatic heterocycles. The van der Waals surface area contributed by atoms with Crippen LogP contribution >= 0.6 is 0 Å². The van der Waals surface area contributed by atoms with Crippen molar-refractivity contribution in [3.8, 4) is 5.75 Å². The van der Waals surface area contributed by atoms with E-state index in [1.54, 1.807) is 6.92 Å². The standard InChI is InChI=1S/C11H14O5/c1-2-15-10(7-12)16-11(14)8-3-5-9(13)6-4-8/h3-6,10,12-13H,2,7H2,1H3.